The first-order valence-electron chi connectivity index (χ1n) is 5.51. The third-order valence-electron chi connectivity index (χ3n) is 2.78. The zero-order chi connectivity index (χ0) is 14.0. The molecule has 1 saturated heterocycles. The lowest BCUT2D eigenvalue weighted by atomic mass is 10.3. The molecular formula is C11H12ClN3O3S. The minimum Gasteiger partial charge on any atom is -0.397 e. The summed E-state index contributed by atoms with van der Waals surface area (Å²) in [6.07, 6.45) is -0.742. The van der Waals surface area contributed by atoms with E-state index >= 15 is 0 Å². The fourth-order valence-electron chi connectivity index (χ4n) is 1.75. The Morgan fingerprint density at radius 2 is 2.26 bits per heavy atom. The zero-order valence-corrected chi connectivity index (χ0v) is 11.5. The van der Waals surface area contributed by atoms with E-state index in [-0.39, 0.29) is 30.3 Å². The minimum atomic E-state index is -3.68. The SMILES string of the molecule is N#CC1CN(S(=O)(=O)c2ccc(Cl)c(N)c2)CCO1. The highest BCUT2D eigenvalue weighted by molar-refractivity contribution is 7.89. The molecule has 1 heterocycles. The third kappa shape index (κ3) is 2.82. The number of halogens is 1. The van der Waals surface area contributed by atoms with Crippen molar-refractivity contribution in [3.8, 4) is 6.07 Å². The minimum absolute atomic E-state index is 0.0152. The van der Waals surface area contributed by atoms with Crippen LogP contribution in [0.5, 0.6) is 0 Å². The Hall–Kier alpha value is -1.33. The average Bonchev–Trinajstić information content (AvgIpc) is 2.41. The number of benzene rings is 1. The standard InChI is InChI=1S/C11H12ClN3O3S/c12-10-2-1-9(5-11(10)14)19(16,17)15-3-4-18-8(6-13)7-15/h1-2,5,8H,3-4,7,14H2. The van der Waals surface area contributed by atoms with Gasteiger partial charge in [-0.1, -0.05) is 11.6 Å². The summed E-state index contributed by atoms with van der Waals surface area (Å²) in [5.41, 5.74) is 5.81. The van der Waals surface area contributed by atoms with E-state index in [4.69, 9.17) is 27.3 Å². The molecule has 1 aromatic carbocycles. The van der Waals surface area contributed by atoms with Gasteiger partial charge in [0, 0.05) is 6.54 Å². The maximum atomic E-state index is 12.4. The third-order valence-corrected chi connectivity index (χ3v) is 4.98. The number of morpholine rings is 1. The fraction of sp³-hybridized carbons (Fsp3) is 0.364. The Morgan fingerprint density at radius 3 is 2.89 bits per heavy atom. The van der Waals surface area contributed by atoms with Crippen LogP contribution in [0.15, 0.2) is 23.1 Å². The molecule has 0 aliphatic carbocycles. The summed E-state index contributed by atoms with van der Waals surface area (Å²) in [7, 11) is -3.68. The molecule has 0 spiro atoms. The van der Waals surface area contributed by atoms with Gasteiger partial charge in [0.2, 0.25) is 10.0 Å². The van der Waals surface area contributed by atoms with Gasteiger partial charge >= 0.3 is 0 Å². The van der Waals surface area contributed by atoms with Gasteiger partial charge in [0.1, 0.15) is 0 Å². The van der Waals surface area contributed by atoms with Crippen LogP contribution in [0.1, 0.15) is 0 Å². The van der Waals surface area contributed by atoms with E-state index < -0.39 is 16.1 Å². The van der Waals surface area contributed by atoms with Crippen LogP contribution in [0.2, 0.25) is 5.02 Å². The number of nitriles is 1. The van der Waals surface area contributed by atoms with Crippen molar-refractivity contribution in [1.82, 2.24) is 4.31 Å². The average molecular weight is 302 g/mol. The molecule has 0 amide bonds. The number of nitrogen functional groups attached to an aromatic ring is 1. The van der Waals surface area contributed by atoms with Gasteiger partial charge in [0.25, 0.3) is 0 Å². The smallest absolute Gasteiger partial charge is 0.243 e. The van der Waals surface area contributed by atoms with Crippen LogP contribution in [0.25, 0.3) is 0 Å². The van der Waals surface area contributed by atoms with Crippen molar-refractivity contribution in [3.63, 3.8) is 0 Å². The van der Waals surface area contributed by atoms with Gasteiger partial charge in [-0.05, 0) is 18.2 Å². The fourth-order valence-corrected chi connectivity index (χ4v) is 3.33. The summed E-state index contributed by atoms with van der Waals surface area (Å²) in [6, 6.07) is 6.05. The molecule has 6 nitrogen and oxygen atoms in total. The molecule has 1 atom stereocenters. The second kappa shape index (κ2) is 5.35. The first-order valence-corrected chi connectivity index (χ1v) is 7.33. The normalized spacial score (nSPS) is 20.9. The highest BCUT2D eigenvalue weighted by atomic mass is 35.5. The van der Waals surface area contributed by atoms with E-state index in [0.717, 1.165) is 0 Å². The number of rotatable bonds is 2. The maximum Gasteiger partial charge on any atom is 0.243 e. The molecule has 0 radical (unpaired) electrons. The Bertz CT molecular complexity index is 627. The van der Waals surface area contributed by atoms with Crippen LogP contribution >= 0.6 is 11.6 Å². The number of anilines is 1. The van der Waals surface area contributed by atoms with Gasteiger partial charge in [-0.2, -0.15) is 9.57 Å². The molecule has 1 fully saturated rings. The molecule has 19 heavy (non-hydrogen) atoms. The lowest BCUT2D eigenvalue weighted by Gasteiger charge is -2.29. The van der Waals surface area contributed by atoms with Crippen molar-refractivity contribution in [2.45, 2.75) is 11.0 Å². The predicted molar refractivity (Wildman–Crippen MR) is 70.0 cm³/mol. The van der Waals surface area contributed by atoms with Gasteiger partial charge in [-0.15, -0.1) is 0 Å². The topological polar surface area (TPSA) is 96.4 Å². The maximum absolute atomic E-state index is 12.4. The molecule has 1 aromatic rings. The van der Waals surface area contributed by atoms with Crippen molar-refractivity contribution >= 4 is 27.3 Å². The lowest BCUT2D eigenvalue weighted by Crippen LogP contribution is -2.45. The monoisotopic (exact) mass is 301 g/mol. The summed E-state index contributed by atoms with van der Waals surface area (Å²) < 4.78 is 31.1. The van der Waals surface area contributed by atoms with Gasteiger partial charge in [0.15, 0.2) is 6.10 Å². The Kier molecular flexibility index (Phi) is 3.96. The zero-order valence-electron chi connectivity index (χ0n) is 9.91. The molecule has 8 heteroatoms. The van der Waals surface area contributed by atoms with E-state index in [9.17, 15) is 8.42 Å². The van der Waals surface area contributed by atoms with Crippen molar-refractivity contribution in [2.24, 2.45) is 0 Å². The molecular weight excluding hydrogens is 290 g/mol. The second-order valence-corrected chi connectivity index (χ2v) is 6.38. The van der Waals surface area contributed by atoms with E-state index in [1.807, 2.05) is 6.07 Å². The van der Waals surface area contributed by atoms with Crippen molar-refractivity contribution in [2.75, 3.05) is 25.4 Å². The quantitative estimate of drug-likeness (QED) is 0.816. The van der Waals surface area contributed by atoms with E-state index in [1.54, 1.807) is 0 Å². The molecule has 1 unspecified atom stereocenters. The summed E-state index contributed by atoms with van der Waals surface area (Å²) in [5, 5.41) is 9.09. The number of hydrogen-bond donors (Lipinski definition) is 1. The van der Waals surface area contributed by atoms with Crippen LogP contribution in [-0.2, 0) is 14.8 Å². The van der Waals surface area contributed by atoms with Crippen LogP contribution in [0, 0.1) is 11.3 Å². The van der Waals surface area contributed by atoms with Crippen molar-refractivity contribution in [3.05, 3.63) is 23.2 Å². The highest BCUT2D eigenvalue weighted by Crippen LogP contribution is 2.25. The second-order valence-electron chi connectivity index (χ2n) is 4.03. The van der Waals surface area contributed by atoms with Crippen LogP contribution in [0.3, 0.4) is 0 Å². The molecule has 0 aromatic heterocycles. The highest BCUT2D eigenvalue weighted by Gasteiger charge is 2.30. The number of hydrogen-bond acceptors (Lipinski definition) is 5. The molecule has 0 bridgehead atoms. The molecule has 102 valence electrons. The molecule has 2 N–H and O–H groups in total. The number of nitrogens with zero attached hydrogens (tertiary/aromatic N) is 2. The van der Waals surface area contributed by atoms with Gasteiger partial charge in [0.05, 0.1) is 34.8 Å². The summed E-state index contributed by atoms with van der Waals surface area (Å²) in [6.45, 7) is 0.422. The number of nitrogens with two attached hydrogens (primary N) is 1. The number of ether oxygens (including phenoxy) is 1. The lowest BCUT2D eigenvalue weighted by molar-refractivity contribution is 0.0311. The molecule has 0 saturated carbocycles. The van der Waals surface area contributed by atoms with E-state index in [1.165, 1.54) is 22.5 Å². The van der Waals surface area contributed by atoms with Gasteiger partial charge in [-0.3, -0.25) is 0 Å². The summed E-state index contributed by atoms with van der Waals surface area (Å²) >= 11 is 5.77. The Balaban J connectivity index is 2.31. The molecule has 2 rings (SSSR count). The van der Waals surface area contributed by atoms with Crippen LogP contribution in [0.4, 0.5) is 5.69 Å². The van der Waals surface area contributed by atoms with Gasteiger partial charge in [-0.25, -0.2) is 8.42 Å². The summed E-state index contributed by atoms with van der Waals surface area (Å²) in [5.74, 6) is 0. The van der Waals surface area contributed by atoms with Crippen molar-refractivity contribution in [1.29, 1.82) is 5.26 Å². The van der Waals surface area contributed by atoms with E-state index in [0.29, 0.717) is 5.02 Å². The van der Waals surface area contributed by atoms with Gasteiger partial charge < -0.3 is 10.5 Å². The molecule has 1 aliphatic heterocycles. The predicted octanol–water partition coefficient (Wildman–Crippen LogP) is 0.835. The number of sulfonamides is 1. The Morgan fingerprint density at radius 1 is 1.53 bits per heavy atom. The summed E-state index contributed by atoms with van der Waals surface area (Å²) in [4.78, 5) is 0.0630. The van der Waals surface area contributed by atoms with Crippen molar-refractivity contribution < 1.29 is 13.2 Å². The largest absolute Gasteiger partial charge is 0.397 e. The first-order chi connectivity index (χ1) is 8.95. The van der Waals surface area contributed by atoms with E-state index in [2.05, 4.69) is 0 Å². The molecule has 1 aliphatic rings. The first kappa shape index (κ1) is 14.1. The van der Waals surface area contributed by atoms with Crippen LogP contribution in [-0.4, -0.2) is 38.5 Å². The Labute approximate surface area is 116 Å². The van der Waals surface area contributed by atoms with Crippen LogP contribution < -0.4 is 5.73 Å².